The molecule has 0 saturated carbocycles. The Kier molecular flexibility index (Phi) is 6.07. The second-order valence-electron chi connectivity index (χ2n) is 6.39. The molecule has 0 spiro atoms. The first kappa shape index (κ1) is 16.6. The second kappa shape index (κ2) is 8.03. The number of amides is 2. The summed E-state index contributed by atoms with van der Waals surface area (Å²) in [5.74, 6) is 0.442. The molecule has 1 aliphatic rings. The molecule has 2 rings (SSSR count). The smallest absolute Gasteiger partial charge is 0.315 e. The van der Waals surface area contributed by atoms with Crippen LogP contribution in [0.3, 0.4) is 0 Å². The van der Waals surface area contributed by atoms with Gasteiger partial charge < -0.3 is 20.6 Å². The molecular weight excluding hydrogens is 278 g/mol. The second-order valence-corrected chi connectivity index (χ2v) is 6.39. The number of benzene rings is 1. The lowest BCUT2D eigenvalue weighted by atomic mass is 10.0. The molecule has 5 nitrogen and oxygen atoms in total. The first-order valence-electron chi connectivity index (χ1n) is 8.06. The van der Waals surface area contributed by atoms with Crippen molar-refractivity contribution in [1.29, 1.82) is 0 Å². The van der Waals surface area contributed by atoms with Gasteiger partial charge in [0.15, 0.2) is 0 Å². The van der Waals surface area contributed by atoms with Crippen LogP contribution in [0.4, 0.5) is 10.5 Å². The molecule has 2 amide bonds. The number of hydrogen-bond donors (Lipinski definition) is 3. The Hall–Kier alpha value is -1.75. The summed E-state index contributed by atoms with van der Waals surface area (Å²) >= 11 is 0. The molecule has 1 heterocycles. The summed E-state index contributed by atoms with van der Waals surface area (Å²) in [6, 6.07) is 10.0. The Morgan fingerprint density at radius 2 is 2.09 bits per heavy atom. The number of aliphatic hydroxyl groups is 1. The minimum absolute atomic E-state index is 0.0214. The number of nitrogens with zero attached hydrogens (tertiary/aromatic N) is 1. The zero-order valence-electron chi connectivity index (χ0n) is 13.5. The number of carbonyl (C=O) groups excluding carboxylic acids is 1. The predicted octanol–water partition coefficient (Wildman–Crippen LogP) is 1.97. The van der Waals surface area contributed by atoms with Gasteiger partial charge in [-0.05, 0) is 30.9 Å². The molecule has 0 radical (unpaired) electrons. The van der Waals surface area contributed by atoms with E-state index >= 15 is 0 Å². The summed E-state index contributed by atoms with van der Waals surface area (Å²) in [4.78, 5) is 14.3. The molecule has 1 saturated heterocycles. The van der Waals surface area contributed by atoms with Crippen molar-refractivity contribution in [3.8, 4) is 0 Å². The van der Waals surface area contributed by atoms with Gasteiger partial charge in [-0.3, -0.25) is 0 Å². The van der Waals surface area contributed by atoms with E-state index in [0.29, 0.717) is 5.92 Å². The van der Waals surface area contributed by atoms with Crippen molar-refractivity contribution in [3.05, 3.63) is 30.3 Å². The van der Waals surface area contributed by atoms with Crippen LogP contribution < -0.4 is 15.5 Å². The van der Waals surface area contributed by atoms with Gasteiger partial charge >= 0.3 is 6.03 Å². The van der Waals surface area contributed by atoms with Crippen LogP contribution in [-0.4, -0.2) is 42.9 Å². The van der Waals surface area contributed by atoms with Crippen LogP contribution in [0.2, 0.25) is 0 Å². The Morgan fingerprint density at radius 3 is 2.73 bits per heavy atom. The van der Waals surface area contributed by atoms with Crippen molar-refractivity contribution in [2.24, 2.45) is 5.92 Å². The third-order valence-electron chi connectivity index (χ3n) is 3.96. The van der Waals surface area contributed by atoms with Crippen LogP contribution in [-0.2, 0) is 0 Å². The molecule has 3 N–H and O–H groups in total. The van der Waals surface area contributed by atoms with E-state index < -0.39 is 0 Å². The lowest BCUT2D eigenvalue weighted by Crippen LogP contribution is -2.48. The zero-order chi connectivity index (χ0) is 15.9. The van der Waals surface area contributed by atoms with E-state index in [1.54, 1.807) is 0 Å². The van der Waals surface area contributed by atoms with Gasteiger partial charge in [0.2, 0.25) is 0 Å². The number of para-hydroxylation sites is 1. The minimum atomic E-state index is -0.181. The molecule has 1 aromatic rings. The first-order chi connectivity index (χ1) is 10.6. The van der Waals surface area contributed by atoms with Crippen molar-refractivity contribution >= 4 is 11.7 Å². The lowest BCUT2D eigenvalue weighted by Gasteiger charge is -2.21. The van der Waals surface area contributed by atoms with Crippen molar-refractivity contribution in [1.82, 2.24) is 10.6 Å². The monoisotopic (exact) mass is 305 g/mol. The highest BCUT2D eigenvalue weighted by molar-refractivity contribution is 5.74. The molecule has 0 bridgehead atoms. The molecular formula is C17H27N3O2. The van der Waals surface area contributed by atoms with E-state index in [9.17, 15) is 9.90 Å². The molecule has 2 atom stereocenters. The number of rotatable bonds is 6. The van der Waals surface area contributed by atoms with Crippen LogP contribution in [0.5, 0.6) is 0 Å². The summed E-state index contributed by atoms with van der Waals surface area (Å²) in [7, 11) is 0. The maximum atomic E-state index is 12.0. The Balaban J connectivity index is 1.78. The average Bonchev–Trinajstić information content (AvgIpc) is 2.95. The number of nitrogens with one attached hydrogen (secondary N) is 2. The molecule has 0 aliphatic carbocycles. The van der Waals surface area contributed by atoms with Crippen molar-refractivity contribution < 1.29 is 9.90 Å². The van der Waals surface area contributed by atoms with Gasteiger partial charge in [-0.15, -0.1) is 0 Å². The topological polar surface area (TPSA) is 64.6 Å². The van der Waals surface area contributed by atoms with Crippen molar-refractivity contribution in [2.75, 3.05) is 24.6 Å². The van der Waals surface area contributed by atoms with Crippen LogP contribution in [0.1, 0.15) is 26.7 Å². The zero-order valence-corrected chi connectivity index (χ0v) is 13.5. The van der Waals surface area contributed by atoms with Crippen LogP contribution in [0, 0.1) is 5.92 Å². The fourth-order valence-electron chi connectivity index (χ4n) is 2.91. The van der Waals surface area contributed by atoms with Crippen LogP contribution >= 0.6 is 0 Å². The van der Waals surface area contributed by atoms with E-state index in [0.717, 1.165) is 25.9 Å². The maximum Gasteiger partial charge on any atom is 0.315 e. The van der Waals surface area contributed by atoms with E-state index in [4.69, 9.17) is 0 Å². The number of urea groups is 1. The normalized spacial score (nSPS) is 19.3. The minimum Gasteiger partial charge on any atom is -0.394 e. The van der Waals surface area contributed by atoms with Gasteiger partial charge in [0, 0.05) is 24.8 Å². The summed E-state index contributed by atoms with van der Waals surface area (Å²) in [5.41, 5.74) is 1.19. The average molecular weight is 305 g/mol. The molecule has 0 aromatic heterocycles. The molecule has 1 aromatic carbocycles. The maximum absolute atomic E-state index is 12.0. The highest BCUT2D eigenvalue weighted by Gasteiger charge is 2.24. The molecule has 22 heavy (non-hydrogen) atoms. The summed E-state index contributed by atoms with van der Waals surface area (Å²) < 4.78 is 0. The third kappa shape index (κ3) is 4.91. The van der Waals surface area contributed by atoms with Gasteiger partial charge in [0.1, 0.15) is 0 Å². The number of aliphatic hydroxyl groups excluding tert-OH is 1. The van der Waals surface area contributed by atoms with E-state index in [2.05, 4.69) is 41.5 Å². The van der Waals surface area contributed by atoms with Gasteiger partial charge in [0.25, 0.3) is 0 Å². The van der Waals surface area contributed by atoms with Crippen molar-refractivity contribution in [3.63, 3.8) is 0 Å². The highest BCUT2D eigenvalue weighted by atomic mass is 16.3. The van der Waals surface area contributed by atoms with Crippen LogP contribution in [0.15, 0.2) is 30.3 Å². The summed E-state index contributed by atoms with van der Waals surface area (Å²) in [6.07, 6.45) is 1.72. The fraction of sp³-hybridized carbons (Fsp3) is 0.588. The van der Waals surface area contributed by atoms with Gasteiger partial charge in [-0.25, -0.2) is 4.79 Å². The number of hydrogen-bond acceptors (Lipinski definition) is 3. The van der Waals surface area contributed by atoms with Gasteiger partial charge in [-0.1, -0.05) is 32.0 Å². The highest BCUT2D eigenvalue weighted by Crippen LogP contribution is 2.19. The van der Waals surface area contributed by atoms with E-state index in [1.165, 1.54) is 5.69 Å². The Bertz CT molecular complexity index is 464. The molecule has 122 valence electrons. The quantitative estimate of drug-likeness (QED) is 0.753. The fourth-order valence-corrected chi connectivity index (χ4v) is 2.91. The van der Waals surface area contributed by atoms with Crippen molar-refractivity contribution in [2.45, 2.75) is 38.8 Å². The summed E-state index contributed by atoms with van der Waals surface area (Å²) in [6.45, 7) is 5.91. The molecule has 5 heteroatoms. The number of carbonyl (C=O) groups is 1. The SMILES string of the molecule is CC(C)C[C@H](CO)NC(=O)N[C@@H]1CCN(c2ccccc2)C1. The van der Waals surface area contributed by atoms with Gasteiger partial charge in [-0.2, -0.15) is 0 Å². The van der Waals surface area contributed by atoms with E-state index in [1.807, 2.05) is 18.2 Å². The first-order valence-corrected chi connectivity index (χ1v) is 8.06. The standard InChI is InChI=1S/C17H27N3O2/c1-13(2)10-15(12-21)19-17(22)18-14-8-9-20(11-14)16-6-4-3-5-7-16/h3-7,13-15,21H,8-12H2,1-2H3,(H2,18,19,22)/t14-,15-/m1/s1. The molecule has 1 aliphatic heterocycles. The number of anilines is 1. The predicted molar refractivity (Wildman–Crippen MR) is 89.1 cm³/mol. The van der Waals surface area contributed by atoms with Crippen LogP contribution in [0.25, 0.3) is 0 Å². The van der Waals surface area contributed by atoms with Gasteiger partial charge in [0.05, 0.1) is 12.6 Å². The Morgan fingerprint density at radius 1 is 1.36 bits per heavy atom. The lowest BCUT2D eigenvalue weighted by molar-refractivity contribution is 0.205. The largest absolute Gasteiger partial charge is 0.394 e. The third-order valence-corrected chi connectivity index (χ3v) is 3.96. The summed E-state index contributed by atoms with van der Waals surface area (Å²) in [5, 5.41) is 15.2. The van der Waals surface area contributed by atoms with E-state index in [-0.39, 0.29) is 24.7 Å². The Labute approximate surface area is 132 Å². The molecule has 0 unspecified atom stereocenters. The molecule has 1 fully saturated rings.